The van der Waals surface area contributed by atoms with Crippen molar-refractivity contribution in [3.63, 3.8) is 0 Å². The van der Waals surface area contributed by atoms with Crippen LogP contribution in [-0.4, -0.2) is 45.8 Å². The molecule has 0 spiro atoms. The summed E-state index contributed by atoms with van der Waals surface area (Å²) in [6.07, 6.45) is 1.98. The third-order valence-electron chi connectivity index (χ3n) is 12.1. The second-order valence-corrected chi connectivity index (χ2v) is 15.6. The first kappa shape index (κ1) is 36.4. The van der Waals surface area contributed by atoms with E-state index in [2.05, 4.69) is 5.43 Å². The van der Waals surface area contributed by atoms with Gasteiger partial charge in [-0.2, -0.15) is 5.01 Å². The van der Waals surface area contributed by atoms with E-state index in [9.17, 15) is 24.8 Å². The molecule has 9 rings (SSSR count). The van der Waals surface area contributed by atoms with E-state index in [1.165, 1.54) is 37.4 Å². The SMILES string of the molecule is COc1ccc([C@@]23C(=O)N(Nc4ccc(Cl)cc4Cl)C(=O)[C@@H]2C[C@@H]2C(=CC[C@@H]4C(=O)N(c5cccc([N+](=O)[O-])c5)C(=O)[C@@H]42)[C@@H]3c2ccc3ccccc3c2O)cc1. The predicted octanol–water partition coefficient (Wildman–Crippen LogP) is 7.96. The first-order valence-electron chi connectivity index (χ1n) is 18.2. The highest BCUT2D eigenvalue weighted by Crippen LogP contribution is 2.65. The molecule has 2 aliphatic carbocycles. The van der Waals surface area contributed by atoms with Crippen LogP contribution in [0, 0.1) is 33.8 Å². The molecule has 1 saturated carbocycles. The number of nitro benzene ring substituents is 1. The molecule has 4 aliphatic rings. The van der Waals surface area contributed by atoms with E-state index < -0.39 is 63.6 Å². The zero-order valence-electron chi connectivity index (χ0n) is 30.1. The lowest BCUT2D eigenvalue weighted by atomic mass is 9.49. The largest absolute Gasteiger partial charge is 0.507 e. The fourth-order valence-electron chi connectivity index (χ4n) is 9.69. The van der Waals surface area contributed by atoms with Crippen LogP contribution in [-0.2, 0) is 24.6 Å². The second kappa shape index (κ2) is 13.5. The second-order valence-electron chi connectivity index (χ2n) is 14.7. The molecule has 3 fully saturated rings. The molecular weight excluding hydrogens is 771 g/mol. The minimum Gasteiger partial charge on any atom is -0.507 e. The van der Waals surface area contributed by atoms with Gasteiger partial charge in [-0.25, -0.2) is 4.90 Å². The van der Waals surface area contributed by atoms with Crippen molar-refractivity contribution in [1.82, 2.24) is 5.01 Å². The minimum absolute atomic E-state index is 0.0111. The van der Waals surface area contributed by atoms with Gasteiger partial charge in [0.1, 0.15) is 11.5 Å². The van der Waals surface area contributed by atoms with Gasteiger partial charge in [-0.05, 0) is 66.1 Å². The number of benzene rings is 5. The molecule has 0 aromatic heterocycles. The molecule has 0 unspecified atom stereocenters. The lowest BCUT2D eigenvalue weighted by Gasteiger charge is -2.50. The van der Waals surface area contributed by atoms with E-state index in [1.54, 1.807) is 54.6 Å². The molecule has 6 atom stereocenters. The van der Waals surface area contributed by atoms with Crippen LogP contribution in [0.4, 0.5) is 17.1 Å². The van der Waals surface area contributed by atoms with Crippen molar-refractivity contribution >= 4 is 74.7 Å². The number of halogens is 2. The lowest BCUT2D eigenvalue weighted by Crippen LogP contribution is -2.53. The van der Waals surface area contributed by atoms with Gasteiger partial charge in [-0.3, -0.25) is 34.7 Å². The van der Waals surface area contributed by atoms with E-state index in [0.717, 1.165) is 15.3 Å². The Balaban J connectivity index is 1.26. The van der Waals surface area contributed by atoms with Crippen LogP contribution in [0.1, 0.15) is 29.9 Å². The number of nitrogens with one attached hydrogen (secondary N) is 1. The van der Waals surface area contributed by atoms with Gasteiger partial charge in [0.25, 0.3) is 17.5 Å². The molecule has 2 heterocycles. The van der Waals surface area contributed by atoms with Crippen molar-refractivity contribution in [2.24, 2.45) is 23.7 Å². The van der Waals surface area contributed by atoms with Crippen LogP contribution in [0.25, 0.3) is 10.8 Å². The summed E-state index contributed by atoms with van der Waals surface area (Å²) in [5.41, 5.74) is 2.79. The number of carbonyl (C=O) groups is 4. The molecule has 286 valence electrons. The third-order valence-corrected chi connectivity index (χ3v) is 12.7. The first-order chi connectivity index (χ1) is 27.4. The van der Waals surface area contributed by atoms with Gasteiger partial charge in [0.05, 0.1) is 51.6 Å². The molecule has 12 nitrogen and oxygen atoms in total. The van der Waals surface area contributed by atoms with Crippen molar-refractivity contribution in [3.05, 3.63) is 146 Å². The Morgan fingerprint density at radius 2 is 1.65 bits per heavy atom. The molecule has 0 radical (unpaired) electrons. The van der Waals surface area contributed by atoms with E-state index in [1.807, 2.05) is 24.3 Å². The number of allylic oxidation sites excluding steroid dienone is 2. The number of amides is 4. The van der Waals surface area contributed by atoms with Gasteiger partial charge in [0, 0.05) is 34.0 Å². The lowest BCUT2D eigenvalue weighted by molar-refractivity contribution is -0.384. The normalized spacial score (nSPS) is 25.2. The number of anilines is 2. The molecule has 5 aromatic rings. The maximum Gasteiger partial charge on any atom is 0.271 e. The maximum absolute atomic E-state index is 15.6. The zero-order chi connectivity index (χ0) is 39.9. The van der Waals surface area contributed by atoms with Gasteiger partial charge in [-0.1, -0.05) is 89.4 Å². The van der Waals surface area contributed by atoms with Crippen LogP contribution in [0.5, 0.6) is 11.5 Å². The fraction of sp³-hybridized carbons (Fsp3) is 0.209. The summed E-state index contributed by atoms with van der Waals surface area (Å²) in [6.45, 7) is 0. The number of methoxy groups -OCH3 is 1. The highest BCUT2D eigenvalue weighted by Gasteiger charge is 2.70. The number of hydrogen-bond donors (Lipinski definition) is 2. The average molecular weight is 804 g/mol. The number of phenolic OH excluding ortho intramolecular Hbond substituents is 1. The molecule has 2 aliphatic heterocycles. The smallest absolute Gasteiger partial charge is 0.271 e. The van der Waals surface area contributed by atoms with Crippen LogP contribution in [0.3, 0.4) is 0 Å². The summed E-state index contributed by atoms with van der Waals surface area (Å²) in [5.74, 6) is -6.53. The Kier molecular flexibility index (Phi) is 8.59. The van der Waals surface area contributed by atoms with E-state index in [0.29, 0.717) is 32.9 Å². The number of non-ortho nitro benzene ring substituents is 1. The minimum atomic E-state index is -1.68. The van der Waals surface area contributed by atoms with Crippen molar-refractivity contribution < 1.29 is 33.9 Å². The van der Waals surface area contributed by atoms with Gasteiger partial charge in [0.15, 0.2) is 0 Å². The summed E-state index contributed by atoms with van der Waals surface area (Å²) in [4.78, 5) is 71.5. The number of rotatable bonds is 7. The standard InChI is InChI=1S/C43H32Cl2N4O8/c1-57-27-13-10-23(11-14-27)43-33(40(52)48(42(43)54)46-35-18-12-24(44)19-34(35)45)21-32-29(37(43)31-15-9-22-5-2-3-8-28(22)38(31)50)16-17-30-36(32)41(53)47(39(30)51)25-6-4-7-26(20-25)49(55)56/h2-16,18-20,30,32-33,36-37,46,50H,17,21H2,1H3/t30-,32+,33-,36-,37+,43+/m0/s1. The van der Waals surface area contributed by atoms with Gasteiger partial charge in [0.2, 0.25) is 11.8 Å². The number of fused-ring (bicyclic) bond motifs is 5. The van der Waals surface area contributed by atoms with Crippen molar-refractivity contribution in [3.8, 4) is 11.5 Å². The van der Waals surface area contributed by atoms with Crippen LogP contribution in [0.2, 0.25) is 10.0 Å². The summed E-state index contributed by atoms with van der Waals surface area (Å²) in [6, 6.07) is 27.7. The Labute approximate surface area is 335 Å². The van der Waals surface area contributed by atoms with Crippen LogP contribution < -0.4 is 15.1 Å². The summed E-state index contributed by atoms with van der Waals surface area (Å²) in [7, 11) is 1.52. The zero-order valence-corrected chi connectivity index (χ0v) is 31.6. The molecule has 2 N–H and O–H groups in total. The number of phenols is 1. The molecule has 14 heteroatoms. The highest BCUT2D eigenvalue weighted by atomic mass is 35.5. The molecular formula is C43H32Cl2N4O8. The number of nitro groups is 1. The van der Waals surface area contributed by atoms with Gasteiger partial charge in [-0.15, -0.1) is 0 Å². The van der Waals surface area contributed by atoms with Gasteiger partial charge < -0.3 is 9.84 Å². The monoisotopic (exact) mass is 802 g/mol. The summed E-state index contributed by atoms with van der Waals surface area (Å²) in [5, 5.41) is 26.6. The van der Waals surface area contributed by atoms with E-state index in [4.69, 9.17) is 27.9 Å². The fourth-order valence-corrected chi connectivity index (χ4v) is 10.1. The summed E-state index contributed by atoms with van der Waals surface area (Å²) < 4.78 is 5.47. The molecule has 4 amide bonds. The Bertz CT molecular complexity index is 2610. The number of hydrazine groups is 1. The topological polar surface area (TPSA) is 159 Å². The number of aromatic hydroxyl groups is 1. The average Bonchev–Trinajstić information content (AvgIpc) is 3.60. The molecule has 0 bridgehead atoms. The Hall–Kier alpha value is -6.24. The van der Waals surface area contributed by atoms with Crippen molar-refractivity contribution in [2.45, 2.75) is 24.2 Å². The Morgan fingerprint density at radius 1 is 0.877 bits per heavy atom. The number of carbonyl (C=O) groups excluding carboxylic acids is 4. The maximum atomic E-state index is 15.6. The molecule has 57 heavy (non-hydrogen) atoms. The van der Waals surface area contributed by atoms with Crippen LogP contribution >= 0.6 is 23.2 Å². The van der Waals surface area contributed by atoms with E-state index >= 15 is 9.59 Å². The number of hydrogen-bond acceptors (Lipinski definition) is 9. The van der Waals surface area contributed by atoms with Crippen molar-refractivity contribution in [2.75, 3.05) is 17.4 Å². The molecule has 5 aromatic carbocycles. The number of nitrogens with zero attached hydrogens (tertiary/aromatic N) is 3. The highest BCUT2D eigenvalue weighted by molar-refractivity contribution is 6.36. The number of ether oxygens (including phenoxy) is 1. The quantitative estimate of drug-likeness (QED) is 0.0721. The third kappa shape index (κ3) is 5.34. The number of imide groups is 2. The van der Waals surface area contributed by atoms with Crippen LogP contribution in [0.15, 0.2) is 115 Å². The first-order valence-corrected chi connectivity index (χ1v) is 19.0. The van der Waals surface area contributed by atoms with E-state index in [-0.39, 0.29) is 40.7 Å². The Morgan fingerprint density at radius 3 is 2.39 bits per heavy atom. The van der Waals surface area contributed by atoms with Gasteiger partial charge >= 0.3 is 0 Å². The summed E-state index contributed by atoms with van der Waals surface area (Å²) >= 11 is 12.7. The van der Waals surface area contributed by atoms with Crippen molar-refractivity contribution in [1.29, 1.82) is 0 Å². The molecule has 2 saturated heterocycles. The predicted molar refractivity (Wildman–Crippen MR) is 212 cm³/mol.